The van der Waals surface area contributed by atoms with E-state index in [9.17, 15) is 4.79 Å². The number of aromatic nitrogens is 1. The summed E-state index contributed by atoms with van der Waals surface area (Å²) in [5, 5.41) is 5.03. The molecular weight excluding hydrogens is 364 g/mol. The molecule has 3 aromatic rings. The van der Waals surface area contributed by atoms with Crippen LogP contribution in [0.4, 0.5) is 0 Å². The van der Waals surface area contributed by atoms with Gasteiger partial charge in [-0.1, -0.05) is 68.3 Å². The smallest absolute Gasteiger partial charge is 0.252 e. The van der Waals surface area contributed by atoms with E-state index in [1.54, 1.807) is 11.8 Å². The highest BCUT2D eigenvalue weighted by atomic mass is 32.2. The maximum absolute atomic E-state index is 13.1. The number of benzene rings is 2. The molecule has 1 fully saturated rings. The van der Waals surface area contributed by atoms with Crippen LogP contribution in [0.25, 0.3) is 10.9 Å². The molecule has 1 aromatic heterocycles. The largest absolute Gasteiger partial charge is 0.349 e. The van der Waals surface area contributed by atoms with Crippen molar-refractivity contribution in [2.75, 3.05) is 0 Å². The molecule has 0 bridgehead atoms. The molecule has 0 atom stereocenters. The van der Waals surface area contributed by atoms with E-state index in [0.717, 1.165) is 45.7 Å². The van der Waals surface area contributed by atoms with Crippen molar-refractivity contribution in [1.29, 1.82) is 0 Å². The summed E-state index contributed by atoms with van der Waals surface area (Å²) in [6.07, 6.45) is 6.89. The molecule has 4 heteroatoms. The van der Waals surface area contributed by atoms with Gasteiger partial charge in [0.1, 0.15) is 5.03 Å². The third-order valence-corrected chi connectivity index (χ3v) is 6.36. The second kappa shape index (κ2) is 8.78. The molecular formula is C24H26N2OS. The number of aryl methyl sites for hydroxylation is 1. The van der Waals surface area contributed by atoms with Gasteiger partial charge in [-0.3, -0.25) is 4.79 Å². The topological polar surface area (TPSA) is 42.0 Å². The first-order valence-corrected chi connectivity index (χ1v) is 11.0. The zero-order valence-corrected chi connectivity index (χ0v) is 17.1. The number of pyridine rings is 1. The highest BCUT2D eigenvalue weighted by Crippen LogP contribution is 2.30. The average Bonchev–Trinajstić information content (AvgIpc) is 2.74. The standard InChI is InChI=1S/C24H26N2OS/c1-2-17-12-14-19(15-13-17)28-23-16-21(20-10-6-7-11-22(20)26-23)24(27)25-18-8-4-3-5-9-18/h6-7,10-16,18H,2-5,8-9H2,1H3,(H,25,27). The van der Waals surface area contributed by atoms with Crippen LogP contribution in [0.2, 0.25) is 0 Å². The maximum atomic E-state index is 13.1. The monoisotopic (exact) mass is 390 g/mol. The second-order valence-electron chi connectivity index (χ2n) is 7.43. The van der Waals surface area contributed by atoms with Crippen LogP contribution in [-0.4, -0.2) is 16.9 Å². The molecule has 1 heterocycles. The van der Waals surface area contributed by atoms with Crippen molar-refractivity contribution in [3.8, 4) is 0 Å². The minimum atomic E-state index is 0.0219. The number of amides is 1. The van der Waals surface area contributed by atoms with Gasteiger partial charge in [0.2, 0.25) is 0 Å². The lowest BCUT2D eigenvalue weighted by molar-refractivity contribution is 0.0929. The van der Waals surface area contributed by atoms with E-state index < -0.39 is 0 Å². The maximum Gasteiger partial charge on any atom is 0.252 e. The fraction of sp³-hybridized carbons (Fsp3) is 0.333. The second-order valence-corrected chi connectivity index (χ2v) is 8.53. The molecule has 1 amide bonds. The van der Waals surface area contributed by atoms with Gasteiger partial charge in [-0.25, -0.2) is 4.98 Å². The van der Waals surface area contributed by atoms with Crippen molar-refractivity contribution >= 4 is 28.6 Å². The molecule has 0 unspecified atom stereocenters. The molecule has 0 saturated heterocycles. The van der Waals surface area contributed by atoms with Crippen LogP contribution in [0.5, 0.6) is 0 Å². The SMILES string of the molecule is CCc1ccc(Sc2cc(C(=O)NC3CCCCC3)c3ccccc3n2)cc1. The Labute approximate surface area is 171 Å². The van der Waals surface area contributed by atoms with Crippen molar-refractivity contribution < 1.29 is 4.79 Å². The van der Waals surface area contributed by atoms with E-state index in [4.69, 9.17) is 4.98 Å². The van der Waals surface area contributed by atoms with Crippen LogP contribution in [0.15, 0.2) is 64.5 Å². The van der Waals surface area contributed by atoms with Gasteiger partial charge in [-0.05, 0) is 49.1 Å². The molecule has 1 saturated carbocycles. The van der Waals surface area contributed by atoms with Crippen molar-refractivity contribution in [3.05, 3.63) is 65.7 Å². The van der Waals surface area contributed by atoms with Gasteiger partial charge in [0.15, 0.2) is 0 Å². The van der Waals surface area contributed by atoms with Gasteiger partial charge in [-0.2, -0.15) is 0 Å². The van der Waals surface area contributed by atoms with Gasteiger partial charge >= 0.3 is 0 Å². The summed E-state index contributed by atoms with van der Waals surface area (Å²) in [5.74, 6) is 0.0219. The van der Waals surface area contributed by atoms with Crippen molar-refractivity contribution in [3.63, 3.8) is 0 Å². The molecule has 3 nitrogen and oxygen atoms in total. The number of hydrogen-bond donors (Lipinski definition) is 1. The average molecular weight is 391 g/mol. The van der Waals surface area contributed by atoms with Crippen molar-refractivity contribution in [2.45, 2.75) is 61.4 Å². The first-order valence-electron chi connectivity index (χ1n) is 10.2. The van der Waals surface area contributed by atoms with Crippen molar-refractivity contribution in [2.24, 2.45) is 0 Å². The summed E-state index contributed by atoms with van der Waals surface area (Å²) in [5.41, 5.74) is 2.92. The lowest BCUT2D eigenvalue weighted by atomic mass is 9.95. The Hall–Kier alpha value is -2.33. The van der Waals surface area contributed by atoms with Gasteiger partial charge in [0.25, 0.3) is 5.91 Å². The number of para-hydroxylation sites is 1. The summed E-state index contributed by atoms with van der Waals surface area (Å²) >= 11 is 1.61. The molecule has 1 aliphatic rings. The molecule has 1 aliphatic carbocycles. The van der Waals surface area contributed by atoms with E-state index >= 15 is 0 Å². The van der Waals surface area contributed by atoms with E-state index in [1.165, 1.54) is 24.8 Å². The van der Waals surface area contributed by atoms with Crippen LogP contribution in [-0.2, 0) is 6.42 Å². The quantitative estimate of drug-likeness (QED) is 0.580. The lowest BCUT2D eigenvalue weighted by Crippen LogP contribution is -2.36. The third-order valence-electron chi connectivity index (χ3n) is 5.43. The van der Waals surface area contributed by atoms with Crippen LogP contribution in [0.1, 0.15) is 54.9 Å². The summed E-state index contributed by atoms with van der Waals surface area (Å²) in [7, 11) is 0. The number of hydrogen-bond acceptors (Lipinski definition) is 3. The molecule has 1 N–H and O–H groups in total. The summed E-state index contributed by atoms with van der Waals surface area (Å²) in [4.78, 5) is 19.0. The molecule has 0 spiro atoms. The van der Waals surface area contributed by atoms with Crippen LogP contribution in [0, 0.1) is 0 Å². The minimum Gasteiger partial charge on any atom is -0.349 e. The minimum absolute atomic E-state index is 0.0219. The van der Waals surface area contributed by atoms with Gasteiger partial charge in [0.05, 0.1) is 11.1 Å². The number of nitrogens with one attached hydrogen (secondary N) is 1. The number of carbonyl (C=O) groups is 1. The molecule has 2 aromatic carbocycles. The summed E-state index contributed by atoms with van der Waals surface area (Å²) < 4.78 is 0. The van der Waals surface area contributed by atoms with E-state index in [2.05, 4.69) is 36.5 Å². The van der Waals surface area contributed by atoms with E-state index in [0.29, 0.717) is 6.04 Å². The molecule has 4 rings (SSSR count). The number of carbonyl (C=O) groups excluding carboxylic acids is 1. The Morgan fingerprint density at radius 2 is 1.82 bits per heavy atom. The zero-order chi connectivity index (χ0) is 19.3. The Morgan fingerprint density at radius 1 is 1.07 bits per heavy atom. The Morgan fingerprint density at radius 3 is 2.57 bits per heavy atom. The third kappa shape index (κ3) is 4.39. The highest BCUT2D eigenvalue weighted by molar-refractivity contribution is 7.99. The predicted molar refractivity (Wildman–Crippen MR) is 116 cm³/mol. The molecule has 0 aliphatic heterocycles. The summed E-state index contributed by atoms with van der Waals surface area (Å²) in [6.45, 7) is 2.16. The van der Waals surface area contributed by atoms with E-state index in [1.807, 2.05) is 30.3 Å². The van der Waals surface area contributed by atoms with Crippen LogP contribution in [0.3, 0.4) is 0 Å². The summed E-state index contributed by atoms with van der Waals surface area (Å²) in [6, 6.07) is 18.7. The molecule has 144 valence electrons. The highest BCUT2D eigenvalue weighted by Gasteiger charge is 2.19. The van der Waals surface area contributed by atoms with Crippen LogP contribution < -0.4 is 5.32 Å². The Balaban J connectivity index is 1.63. The van der Waals surface area contributed by atoms with Gasteiger partial charge in [0, 0.05) is 16.3 Å². The molecule has 0 radical (unpaired) electrons. The van der Waals surface area contributed by atoms with Crippen molar-refractivity contribution in [1.82, 2.24) is 10.3 Å². The first-order chi connectivity index (χ1) is 13.7. The fourth-order valence-electron chi connectivity index (χ4n) is 3.82. The first kappa shape index (κ1) is 19.0. The Bertz CT molecular complexity index is 962. The number of rotatable bonds is 5. The predicted octanol–water partition coefficient (Wildman–Crippen LogP) is 6.01. The van der Waals surface area contributed by atoms with Crippen LogP contribution >= 0.6 is 11.8 Å². The fourth-order valence-corrected chi connectivity index (χ4v) is 4.65. The normalized spacial score (nSPS) is 14.9. The van der Waals surface area contributed by atoms with Gasteiger partial charge < -0.3 is 5.32 Å². The number of nitrogens with zero attached hydrogens (tertiary/aromatic N) is 1. The number of fused-ring (bicyclic) bond motifs is 1. The van der Waals surface area contributed by atoms with E-state index in [-0.39, 0.29) is 5.91 Å². The van der Waals surface area contributed by atoms with Gasteiger partial charge in [-0.15, -0.1) is 0 Å². The molecule has 28 heavy (non-hydrogen) atoms. The lowest BCUT2D eigenvalue weighted by Gasteiger charge is -2.23. The Kier molecular flexibility index (Phi) is 5.96. The zero-order valence-electron chi connectivity index (χ0n) is 16.3.